The lowest BCUT2D eigenvalue weighted by Crippen LogP contribution is -2.21. The summed E-state index contributed by atoms with van der Waals surface area (Å²) >= 11 is 0. The molecule has 170 valence electrons. The zero-order valence-electron chi connectivity index (χ0n) is 16.2. The Morgan fingerprint density at radius 2 is 1.72 bits per heavy atom. The molecular formula is C20H15F6N3O3. The van der Waals surface area contributed by atoms with Gasteiger partial charge < -0.3 is 14.8 Å². The van der Waals surface area contributed by atoms with Crippen LogP contribution in [0.3, 0.4) is 0 Å². The number of nitrogens with one attached hydrogen (secondary N) is 3. The summed E-state index contributed by atoms with van der Waals surface area (Å²) in [5.74, 6) is 0.174. The van der Waals surface area contributed by atoms with Crippen LogP contribution in [-0.4, -0.2) is 19.0 Å². The highest BCUT2D eigenvalue weighted by molar-refractivity contribution is 6.15. The molecule has 1 saturated heterocycles. The third-order valence-corrected chi connectivity index (χ3v) is 4.40. The van der Waals surface area contributed by atoms with E-state index in [1.54, 1.807) is 0 Å². The molecule has 0 atom stereocenters. The molecule has 0 saturated carbocycles. The molecule has 0 unspecified atom stereocenters. The Kier molecular flexibility index (Phi) is 6.06. The second-order valence-electron chi connectivity index (χ2n) is 6.57. The molecule has 12 heteroatoms. The molecule has 3 N–H and O–H groups in total. The fourth-order valence-corrected chi connectivity index (χ4v) is 2.86. The first-order chi connectivity index (χ1) is 14.9. The number of hydrogen-bond donors (Lipinski definition) is 3. The van der Waals surface area contributed by atoms with Crippen molar-refractivity contribution in [3.8, 4) is 11.5 Å². The van der Waals surface area contributed by atoms with Crippen LogP contribution >= 0.6 is 0 Å². The van der Waals surface area contributed by atoms with Crippen molar-refractivity contribution in [3.05, 3.63) is 64.3 Å². The number of urea groups is 1. The highest BCUT2D eigenvalue weighted by atomic mass is 19.4. The van der Waals surface area contributed by atoms with Crippen LogP contribution in [0.5, 0.6) is 11.5 Å². The number of hydrogen-bond acceptors (Lipinski definition) is 4. The lowest BCUT2D eigenvalue weighted by Gasteiger charge is -2.17. The molecule has 2 aromatic rings. The lowest BCUT2D eigenvalue weighted by molar-refractivity contribution is -0.143. The number of amides is 2. The molecule has 32 heavy (non-hydrogen) atoms. The van der Waals surface area contributed by atoms with E-state index in [9.17, 15) is 31.1 Å². The van der Waals surface area contributed by atoms with Gasteiger partial charge in [-0.15, -0.1) is 0 Å². The second-order valence-corrected chi connectivity index (χ2v) is 6.57. The second kappa shape index (κ2) is 8.44. The minimum Gasteiger partial charge on any atom is -0.496 e. The van der Waals surface area contributed by atoms with Crippen LogP contribution in [0.15, 0.2) is 42.1 Å². The molecule has 0 aliphatic carbocycles. The van der Waals surface area contributed by atoms with Gasteiger partial charge >= 0.3 is 18.4 Å². The fourth-order valence-electron chi connectivity index (χ4n) is 2.86. The number of rotatable bonds is 5. The Hall–Kier alpha value is -3.70. The first kappa shape index (κ1) is 23.0. The third kappa shape index (κ3) is 5.13. The number of halogens is 6. The van der Waals surface area contributed by atoms with E-state index in [-0.39, 0.29) is 29.1 Å². The van der Waals surface area contributed by atoms with Gasteiger partial charge in [0.15, 0.2) is 5.84 Å². The van der Waals surface area contributed by atoms with E-state index in [0.717, 1.165) is 6.07 Å². The van der Waals surface area contributed by atoms with Crippen LogP contribution in [0.2, 0.25) is 0 Å². The maximum Gasteiger partial charge on any atom is 0.416 e. The number of benzene rings is 2. The summed E-state index contributed by atoms with van der Waals surface area (Å²) in [4.78, 5) is 11.3. The van der Waals surface area contributed by atoms with E-state index < -0.39 is 41.7 Å². The number of alkyl halides is 6. The van der Waals surface area contributed by atoms with Gasteiger partial charge in [-0.1, -0.05) is 6.07 Å². The lowest BCUT2D eigenvalue weighted by atomic mass is 10.0. The molecule has 6 nitrogen and oxygen atoms in total. The summed E-state index contributed by atoms with van der Waals surface area (Å²) in [6.07, 6.45) is -8.47. The molecular weight excluding hydrogens is 444 g/mol. The van der Waals surface area contributed by atoms with Crippen molar-refractivity contribution in [1.82, 2.24) is 10.6 Å². The van der Waals surface area contributed by atoms with E-state index in [1.807, 2.05) is 0 Å². The maximum absolute atomic E-state index is 13.3. The van der Waals surface area contributed by atoms with Gasteiger partial charge in [0.05, 0.1) is 23.9 Å². The van der Waals surface area contributed by atoms with Gasteiger partial charge in [-0.05, 0) is 30.3 Å². The molecule has 1 aliphatic rings. The molecule has 3 rings (SSSR count). The first-order valence-corrected chi connectivity index (χ1v) is 8.85. The molecule has 1 fully saturated rings. The zero-order chi connectivity index (χ0) is 23.7. The Labute approximate surface area is 177 Å². The summed E-state index contributed by atoms with van der Waals surface area (Å²) in [6, 6.07) is 5.00. The summed E-state index contributed by atoms with van der Waals surface area (Å²) in [7, 11) is 1.33. The number of methoxy groups -OCH3 is 1. The number of amidine groups is 1. The quantitative estimate of drug-likeness (QED) is 0.554. The average molecular weight is 459 g/mol. The van der Waals surface area contributed by atoms with Gasteiger partial charge in [0.1, 0.15) is 18.1 Å². The Balaban J connectivity index is 1.84. The standard InChI is InChI=1S/C20H15F6N3O3/c1-31-16-8-13(5-3-10(16)6-15-17(27)29-18(30)28-15)32-9-11-2-4-12(19(21,22)23)7-14(11)20(24,25)26/h2-8H,9H2,1H3,(H3,27,28,29,30). The summed E-state index contributed by atoms with van der Waals surface area (Å²) in [6.45, 7) is -0.638. The van der Waals surface area contributed by atoms with Gasteiger partial charge in [-0.2, -0.15) is 26.3 Å². The monoisotopic (exact) mass is 459 g/mol. The summed E-state index contributed by atoms with van der Waals surface area (Å²) in [5, 5.41) is 12.3. The number of ether oxygens (including phenoxy) is 2. The topological polar surface area (TPSA) is 83.4 Å². The molecule has 1 aliphatic heterocycles. The zero-order valence-corrected chi connectivity index (χ0v) is 16.2. The maximum atomic E-state index is 13.3. The smallest absolute Gasteiger partial charge is 0.416 e. The largest absolute Gasteiger partial charge is 0.496 e. The van der Waals surface area contributed by atoms with Crippen LogP contribution in [0.25, 0.3) is 6.08 Å². The number of carbonyl (C=O) groups excluding carboxylic acids is 1. The van der Waals surface area contributed by atoms with Crippen molar-refractivity contribution >= 4 is 17.9 Å². The molecule has 0 bridgehead atoms. The molecule has 2 aromatic carbocycles. The predicted molar refractivity (Wildman–Crippen MR) is 101 cm³/mol. The van der Waals surface area contributed by atoms with Gasteiger partial charge in [0.2, 0.25) is 0 Å². The normalized spacial score (nSPS) is 15.5. The minimum absolute atomic E-state index is 0.0490. The van der Waals surface area contributed by atoms with Crippen molar-refractivity contribution in [2.24, 2.45) is 0 Å². The van der Waals surface area contributed by atoms with E-state index >= 15 is 0 Å². The van der Waals surface area contributed by atoms with Crippen LogP contribution in [0, 0.1) is 5.41 Å². The van der Waals surface area contributed by atoms with Gasteiger partial charge in [-0.25, -0.2) is 4.79 Å². The van der Waals surface area contributed by atoms with Crippen LogP contribution in [0.4, 0.5) is 31.1 Å². The van der Waals surface area contributed by atoms with Gasteiger partial charge in [0, 0.05) is 17.2 Å². The highest BCUT2D eigenvalue weighted by Crippen LogP contribution is 2.38. The van der Waals surface area contributed by atoms with Crippen LogP contribution < -0.4 is 20.1 Å². The van der Waals surface area contributed by atoms with E-state index in [4.69, 9.17) is 14.9 Å². The Morgan fingerprint density at radius 1 is 1.00 bits per heavy atom. The Bertz CT molecular complexity index is 1090. The summed E-state index contributed by atoms with van der Waals surface area (Å²) in [5.41, 5.74) is -2.70. The Morgan fingerprint density at radius 3 is 2.28 bits per heavy atom. The predicted octanol–water partition coefficient (Wildman–Crippen LogP) is 4.94. The van der Waals surface area contributed by atoms with Crippen molar-refractivity contribution in [3.63, 3.8) is 0 Å². The highest BCUT2D eigenvalue weighted by Gasteiger charge is 2.38. The van der Waals surface area contributed by atoms with Gasteiger partial charge in [-0.3, -0.25) is 10.7 Å². The molecule has 2 amide bonds. The molecule has 0 aromatic heterocycles. The van der Waals surface area contributed by atoms with E-state index in [0.29, 0.717) is 11.6 Å². The van der Waals surface area contributed by atoms with Crippen molar-refractivity contribution in [2.45, 2.75) is 19.0 Å². The van der Waals surface area contributed by atoms with Crippen LogP contribution in [-0.2, 0) is 19.0 Å². The third-order valence-electron chi connectivity index (χ3n) is 4.40. The fraction of sp³-hybridized carbons (Fsp3) is 0.200. The van der Waals surface area contributed by atoms with Crippen molar-refractivity contribution in [1.29, 1.82) is 5.41 Å². The molecule has 0 radical (unpaired) electrons. The van der Waals surface area contributed by atoms with E-state index in [2.05, 4.69) is 10.6 Å². The first-order valence-electron chi connectivity index (χ1n) is 8.85. The van der Waals surface area contributed by atoms with Crippen LogP contribution in [0.1, 0.15) is 22.3 Å². The summed E-state index contributed by atoms with van der Waals surface area (Å²) < 4.78 is 88.7. The van der Waals surface area contributed by atoms with E-state index in [1.165, 1.54) is 31.4 Å². The number of carbonyl (C=O) groups is 1. The van der Waals surface area contributed by atoms with Crippen molar-refractivity contribution < 1.29 is 40.6 Å². The molecule has 1 heterocycles. The van der Waals surface area contributed by atoms with Gasteiger partial charge in [0.25, 0.3) is 0 Å². The molecule has 0 spiro atoms. The SMILES string of the molecule is COc1cc(OCc2ccc(C(F)(F)F)cc2C(F)(F)F)ccc1C=C1NC(=O)NC1=N. The average Bonchev–Trinajstić information content (AvgIpc) is 3.02. The minimum atomic E-state index is -5.00. The van der Waals surface area contributed by atoms with Crippen molar-refractivity contribution in [2.75, 3.05) is 7.11 Å².